The number of carbonyl (C=O) groups excluding carboxylic acids is 2. The van der Waals surface area contributed by atoms with Crippen molar-refractivity contribution in [1.29, 1.82) is 0 Å². The third kappa shape index (κ3) is 6.89. The molecule has 0 spiro atoms. The average molecular weight is 507 g/mol. The second-order valence-corrected chi connectivity index (χ2v) is 10.7. The van der Waals surface area contributed by atoms with Gasteiger partial charge in [0.15, 0.2) is 0 Å². The summed E-state index contributed by atoms with van der Waals surface area (Å²) in [6.07, 6.45) is 9.49. The normalized spacial score (nSPS) is 21.8. The summed E-state index contributed by atoms with van der Waals surface area (Å²) in [6.45, 7) is 3.29. The molecule has 35 heavy (non-hydrogen) atoms. The maximum absolute atomic E-state index is 13.1. The Hall–Kier alpha value is -1.83. The Bertz CT molecular complexity index is 861. The molecule has 3 N–H and O–H groups in total. The van der Waals surface area contributed by atoms with Crippen LogP contribution in [-0.2, 0) is 10.3 Å². The number of fused-ring (bicyclic) bond motifs is 1. The maximum Gasteiger partial charge on any atom is 0.317 e. The highest BCUT2D eigenvalue weighted by Gasteiger charge is 2.42. The summed E-state index contributed by atoms with van der Waals surface area (Å²) in [6, 6.07) is 5.67. The minimum Gasteiger partial charge on any atom is -0.385 e. The van der Waals surface area contributed by atoms with E-state index in [2.05, 4.69) is 22.9 Å². The number of rotatable bonds is 12. The molecule has 8 heteroatoms. The molecule has 7 nitrogen and oxygen atoms in total. The predicted octanol–water partition coefficient (Wildman–Crippen LogP) is 4.68. The van der Waals surface area contributed by atoms with Gasteiger partial charge in [0.25, 0.3) is 5.91 Å². The minimum absolute atomic E-state index is 0.0340. The lowest BCUT2D eigenvalue weighted by atomic mass is 9.81. The summed E-state index contributed by atoms with van der Waals surface area (Å²) in [7, 11) is 5.51. The molecule has 1 aliphatic carbocycles. The van der Waals surface area contributed by atoms with Crippen molar-refractivity contribution < 1.29 is 14.3 Å². The van der Waals surface area contributed by atoms with Crippen molar-refractivity contribution >= 4 is 23.5 Å². The molecule has 1 aliphatic heterocycles. The van der Waals surface area contributed by atoms with Crippen LogP contribution in [0.15, 0.2) is 18.2 Å². The summed E-state index contributed by atoms with van der Waals surface area (Å²) in [5.41, 5.74) is 1.06. The Morgan fingerprint density at radius 2 is 2.00 bits per heavy atom. The molecule has 0 radical (unpaired) electrons. The lowest BCUT2D eigenvalue weighted by molar-refractivity contribution is 0.0914. The van der Waals surface area contributed by atoms with Gasteiger partial charge in [0.2, 0.25) is 0 Å². The van der Waals surface area contributed by atoms with Crippen LogP contribution in [0.4, 0.5) is 4.79 Å². The van der Waals surface area contributed by atoms with Crippen LogP contribution in [0.2, 0.25) is 5.02 Å². The molecule has 3 amide bonds. The van der Waals surface area contributed by atoms with Crippen molar-refractivity contribution in [3.63, 3.8) is 0 Å². The van der Waals surface area contributed by atoms with Crippen LogP contribution in [0.25, 0.3) is 0 Å². The van der Waals surface area contributed by atoms with E-state index < -0.39 is 5.54 Å². The van der Waals surface area contributed by atoms with Gasteiger partial charge in [0.1, 0.15) is 0 Å². The Morgan fingerprint density at radius 3 is 2.69 bits per heavy atom. The topological polar surface area (TPSA) is 82.7 Å². The van der Waals surface area contributed by atoms with Crippen molar-refractivity contribution in [2.45, 2.75) is 82.3 Å². The molecular weight excluding hydrogens is 464 g/mol. The van der Waals surface area contributed by atoms with Gasteiger partial charge in [-0.3, -0.25) is 4.79 Å². The highest BCUT2D eigenvalue weighted by atomic mass is 35.5. The number of methoxy groups -OCH3 is 1. The van der Waals surface area contributed by atoms with Crippen molar-refractivity contribution in [2.75, 3.05) is 34.4 Å². The molecule has 0 saturated heterocycles. The second kappa shape index (κ2) is 12.9. The molecule has 1 fully saturated rings. The van der Waals surface area contributed by atoms with Crippen LogP contribution in [0.3, 0.4) is 0 Å². The molecule has 1 heterocycles. The number of carbonyl (C=O) groups is 2. The third-order valence-electron chi connectivity index (χ3n) is 7.90. The zero-order chi connectivity index (χ0) is 25.4. The monoisotopic (exact) mass is 506 g/mol. The van der Waals surface area contributed by atoms with E-state index in [1.807, 2.05) is 20.2 Å². The fourth-order valence-corrected chi connectivity index (χ4v) is 6.07. The third-order valence-corrected chi connectivity index (χ3v) is 8.13. The summed E-state index contributed by atoms with van der Waals surface area (Å²) in [4.78, 5) is 27.6. The van der Waals surface area contributed by atoms with Crippen LogP contribution in [-0.4, -0.2) is 63.3 Å². The number of nitrogens with zero attached hydrogens (tertiary/aromatic N) is 1. The van der Waals surface area contributed by atoms with Crippen LogP contribution in [0.5, 0.6) is 0 Å². The Balaban J connectivity index is 1.65. The first-order valence-electron chi connectivity index (χ1n) is 13.1. The van der Waals surface area contributed by atoms with E-state index in [1.54, 1.807) is 24.1 Å². The smallest absolute Gasteiger partial charge is 0.317 e. The second-order valence-electron chi connectivity index (χ2n) is 10.3. The van der Waals surface area contributed by atoms with Gasteiger partial charge in [-0.15, -0.1) is 0 Å². The number of benzene rings is 1. The summed E-state index contributed by atoms with van der Waals surface area (Å²) in [5, 5.41) is 10.5. The maximum atomic E-state index is 13.1. The minimum atomic E-state index is -0.541. The van der Waals surface area contributed by atoms with Crippen molar-refractivity contribution in [3.05, 3.63) is 34.3 Å². The van der Waals surface area contributed by atoms with E-state index in [-0.39, 0.29) is 24.0 Å². The van der Waals surface area contributed by atoms with Gasteiger partial charge in [-0.1, -0.05) is 30.9 Å². The van der Waals surface area contributed by atoms with Gasteiger partial charge >= 0.3 is 6.03 Å². The SMILES string of the molecule is CN[C@H](C1CCCCC1)C(C)NC(=O)N(C)CC[C@]1(CCCCOC)NC(=O)c2ccc(Cl)cc21. The molecule has 1 aromatic rings. The molecule has 3 rings (SSSR count). The first-order chi connectivity index (χ1) is 16.8. The molecule has 196 valence electrons. The summed E-state index contributed by atoms with van der Waals surface area (Å²) >= 11 is 6.32. The molecule has 1 unspecified atom stereocenters. The van der Waals surface area contributed by atoms with Crippen LogP contribution < -0.4 is 16.0 Å². The first-order valence-corrected chi connectivity index (χ1v) is 13.5. The predicted molar refractivity (Wildman–Crippen MR) is 141 cm³/mol. The van der Waals surface area contributed by atoms with Crippen LogP contribution >= 0.6 is 11.6 Å². The Morgan fingerprint density at radius 1 is 1.26 bits per heavy atom. The van der Waals surface area contributed by atoms with E-state index in [0.717, 1.165) is 24.8 Å². The standard InChI is InChI=1S/C27H43ClN4O3/c1-19(24(29-2)20-10-6-5-7-11-20)30-26(34)32(3)16-15-27(14-8-9-17-35-4)23-18-21(28)12-13-22(23)25(33)31-27/h12-13,18-20,24,29H,5-11,14-17H2,1-4H3,(H,30,34)(H,31,33)/t19?,24-,27-/m0/s1. The van der Waals surface area contributed by atoms with Crippen molar-refractivity contribution in [2.24, 2.45) is 5.92 Å². The Labute approximate surface area is 215 Å². The number of halogens is 1. The number of unbranched alkanes of at least 4 members (excludes halogenated alkanes) is 1. The molecule has 0 aromatic heterocycles. The summed E-state index contributed by atoms with van der Waals surface area (Å²) in [5.74, 6) is 0.521. The quantitative estimate of drug-likeness (QED) is 0.359. The molecule has 0 bridgehead atoms. The van der Waals surface area contributed by atoms with Gasteiger partial charge in [-0.05, 0) is 82.2 Å². The summed E-state index contributed by atoms with van der Waals surface area (Å²) < 4.78 is 5.21. The van der Waals surface area contributed by atoms with E-state index in [9.17, 15) is 9.59 Å². The zero-order valence-corrected chi connectivity index (χ0v) is 22.5. The van der Waals surface area contributed by atoms with Crippen molar-refractivity contribution in [1.82, 2.24) is 20.9 Å². The number of likely N-dealkylation sites (N-methyl/N-ethyl adjacent to an activating group) is 1. The highest BCUT2D eigenvalue weighted by molar-refractivity contribution is 6.30. The molecule has 3 atom stereocenters. The Kier molecular flexibility index (Phi) is 10.3. The number of ether oxygens (including phenoxy) is 1. The fourth-order valence-electron chi connectivity index (χ4n) is 5.90. The lowest BCUT2D eigenvalue weighted by Crippen LogP contribution is -2.54. The van der Waals surface area contributed by atoms with Gasteiger partial charge < -0.3 is 25.6 Å². The number of amides is 3. The van der Waals surface area contributed by atoms with E-state index in [4.69, 9.17) is 16.3 Å². The van der Waals surface area contributed by atoms with E-state index >= 15 is 0 Å². The lowest BCUT2D eigenvalue weighted by Gasteiger charge is -2.36. The van der Waals surface area contributed by atoms with Crippen LogP contribution in [0.1, 0.15) is 80.6 Å². The molecule has 2 aliphatic rings. The van der Waals surface area contributed by atoms with E-state index in [0.29, 0.717) is 36.1 Å². The van der Waals surface area contributed by atoms with Gasteiger partial charge in [0.05, 0.1) is 5.54 Å². The largest absolute Gasteiger partial charge is 0.385 e. The number of hydrogen-bond acceptors (Lipinski definition) is 4. The number of nitrogens with one attached hydrogen (secondary N) is 3. The van der Waals surface area contributed by atoms with Gasteiger partial charge in [-0.2, -0.15) is 0 Å². The van der Waals surface area contributed by atoms with Crippen molar-refractivity contribution in [3.8, 4) is 0 Å². The fraction of sp³-hybridized carbons (Fsp3) is 0.704. The molecule has 1 aromatic carbocycles. The highest BCUT2D eigenvalue weighted by Crippen LogP contribution is 2.39. The zero-order valence-electron chi connectivity index (χ0n) is 21.8. The van der Waals surface area contributed by atoms with E-state index in [1.165, 1.54) is 32.1 Å². The van der Waals surface area contributed by atoms with Gasteiger partial charge in [-0.25, -0.2) is 4.79 Å². The average Bonchev–Trinajstić information content (AvgIpc) is 3.12. The van der Waals surface area contributed by atoms with Crippen LogP contribution in [0, 0.1) is 5.92 Å². The van der Waals surface area contributed by atoms with Gasteiger partial charge in [0, 0.05) is 50.0 Å². The molecule has 1 saturated carbocycles. The molecular formula is C27H43ClN4O3. The number of hydrogen-bond donors (Lipinski definition) is 3. The first kappa shape index (κ1) is 27.8. The number of urea groups is 1.